The molecule has 2 N–H and O–H groups in total. The molecule has 6 rings (SSSR count). The highest BCUT2D eigenvalue weighted by Gasteiger charge is 2.20. The van der Waals surface area contributed by atoms with Crippen LogP contribution in [0.25, 0.3) is 24.0 Å². The molecule has 0 saturated carbocycles. The number of anilines is 1. The lowest BCUT2D eigenvalue weighted by atomic mass is 9.98. The molecule has 1 aliphatic heterocycles. The highest BCUT2D eigenvalue weighted by molar-refractivity contribution is 5.86. The maximum atomic E-state index is 13.9. The molecule has 8 nitrogen and oxygen atoms in total. The van der Waals surface area contributed by atoms with Crippen LogP contribution in [0.2, 0.25) is 0 Å². The van der Waals surface area contributed by atoms with Crippen LogP contribution in [0.3, 0.4) is 0 Å². The number of para-hydroxylation sites is 2. The number of carboxylic acid groups (broad SMARTS) is 1. The molecule has 0 spiro atoms. The van der Waals surface area contributed by atoms with Gasteiger partial charge in [0.15, 0.2) is 5.69 Å². The summed E-state index contributed by atoms with van der Waals surface area (Å²) < 4.78 is 3.01. The second-order valence-corrected chi connectivity index (χ2v) is 12.0. The molecule has 2 aromatic heterocycles. The van der Waals surface area contributed by atoms with E-state index < -0.39 is 11.5 Å². The summed E-state index contributed by atoms with van der Waals surface area (Å²) in [7, 11) is 0. The second-order valence-electron chi connectivity index (χ2n) is 12.0. The Labute approximate surface area is 268 Å². The average molecular weight is 616 g/mol. The molecule has 1 aliphatic rings. The van der Waals surface area contributed by atoms with E-state index in [1.807, 2.05) is 66.7 Å². The number of aryl methyl sites for hydroxylation is 1. The summed E-state index contributed by atoms with van der Waals surface area (Å²) in [5.41, 5.74) is 4.19. The Kier molecular flexibility index (Phi) is 9.33. The molecule has 0 amide bonds. The molecular formula is C38H41N5O3. The van der Waals surface area contributed by atoms with E-state index in [4.69, 9.17) is 0 Å². The minimum Gasteiger partial charge on any atom is -0.476 e. The summed E-state index contributed by atoms with van der Waals surface area (Å²) >= 11 is 0. The van der Waals surface area contributed by atoms with Gasteiger partial charge >= 0.3 is 5.97 Å². The Balaban J connectivity index is 1.52. The molecular weight excluding hydrogens is 574 g/mol. The molecule has 3 heterocycles. The number of aromatic carboxylic acids is 1. The summed E-state index contributed by atoms with van der Waals surface area (Å²) in [5.74, 6) is -1.22. The van der Waals surface area contributed by atoms with E-state index in [-0.39, 0.29) is 16.1 Å². The van der Waals surface area contributed by atoms with Crippen LogP contribution in [0.5, 0.6) is 0 Å². The Morgan fingerprint density at radius 1 is 0.935 bits per heavy atom. The van der Waals surface area contributed by atoms with Gasteiger partial charge in [0.2, 0.25) is 0 Å². The fraction of sp³-hybridized carbons (Fsp3) is 0.289. The Morgan fingerprint density at radius 3 is 2.35 bits per heavy atom. The van der Waals surface area contributed by atoms with E-state index in [2.05, 4.69) is 46.8 Å². The van der Waals surface area contributed by atoms with E-state index >= 15 is 0 Å². The van der Waals surface area contributed by atoms with Crippen LogP contribution in [0, 0.1) is 10.4 Å². The molecule has 0 radical (unpaired) electrons. The van der Waals surface area contributed by atoms with Crippen LogP contribution in [0.15, 0.2) is 83.7 Å². The highest BCUT2D eigenvalue weighted by atomic mass is 16.4. The summed E-state index contributed by atoms with van der Waals surface area (Å²) in [6.07, 6.45) is 11.7. The number of nitrogens with zero attached hydrogens (tertiary/aromatic N) is 4. The fourth-order valence-corrected chi connectivity index (χ4v) is 6.48. The molecule has 5 aromatic rings. The van der Waals surface area contributed by atoms with Crippen LogP contribution in [-0.2, 0) is 6.42 Å². The maximum Gasteiger partial charge on any atom is 0.357 e. The van der Waals surface area contributed by atoms with Crippen molar-refractivity contribution < 1.29 is 9.90 Å². The number of aromatic amines is 1. The number of nitrogens with one attached hydrogen (secondary N) is 1. The first kappa shape index (κ1) is 30.9. The Hall–Kier alpha value is -5.11. The molecule has 0 fully saturated rings. The van der Waals surface area contributed by atoms with Crippen molar-refractivity contribution in [3.63, 3.8) is 0 Å². The topological polar surface area (TPSA) is 96.1 Å². The molecule has 3 aromatic carbocycles. The third-order valence-electron chi connectivity index (χ3n) is 8.76. The fourth-order valence-electron chi connectivity index (χ4n) is 6.48. The summed E-state index contributed by atoms with van der Waals surface area (Å²) in [6, 6.07) is 25.0. The predicted molar refractivity (Wildman–Crippen MR) is 183 cm³/mol. The third kappa shape index (κ3) is 6.33. The van der Waals surface area contributed by atoms with Gasteiger partial charge in [-0.2, -0.15) is 5.10 Å². The number of carbonyl (C=O) groups is 1. The van der Waals surface area contributed by atoms with Gasteiger partial charge in [0.25, 0.3) is 5.56 Å². The number of carboxylic acids is 1. The lowest BCUT2D eigenvalue weighted by molar-refractivity contribution is 0.0689. The van der Waals surface area contributed by atoms with Crippen LogP contribution in [0.4, 0.5) is 5.69 Å². The van der Waals surface area contributed by atoms with Gasteiger partial charge in [-0.05, 0) is 72.9 Å². The van der Waals surface area contributed by atoms with Crippen LogP contribution < -0.4 is 21.2 Å². The standard InChI is InChI=1S/C38H41N5O3/c1-3-4-5-6-7-14-23-41-24-15-16-29-25-28(21-22-32(29)41)26-33-35(36(38(45)46)40-42(33)30-17-10-8-11-18-30)34-27(2)39-43(37(34)44)31-19-12-9-13-20-31/h8-13,17-22,25-26,39H,2-7,14-16,23-24H2,1H3,(H,45,46)/b33-26-,35-34+. The second kappa shape index (κ2) is 13.9. The van der Waals surface area contributed by atoms with E-state index in [9.17, 15) is 14.7 Å². The highest BCUT2D eigenvalue weighted by Crippen LogP contribution is 2.29. The largest absolute Gasteiger partial charge is 0.476 e. The first-order valence-electron chi connectivity index (χ1n) is 16.3. The van der Waals surface area contributed by atoms with Crippen LogP contribution >= 0.6 is 0 Å². The number of benzene rings is 3. The van der Waals surface area contributed by atoms with Gasteiger partial charge in [0, 0.05) is 18.8 Å². The Bertz CT molecular complexity index is 2100. The molecule has 8 heteroatoms. The lowest BCUT2D eigenvalue weighted by Gasteiger charge is -2.31. The van der Waals surface area contributed by atoms with E-state index in [0.29, 0.717) is 22.1 Å². The zero-order chi connectivity index (χ0) is 32.0. The zero-order valence-corrected chi connectivity index (χ0v) is 26.4. The first-order valence-corrected chi connectivity index (χ1v) is 16.3. The minimum atomic E-state index is -1.22. The number of hydrogen-bond donors (Lipinski definition) is 2. The number of H-pyrrole nitrogens is 1. The quantitative estimate of drug-likeness (QED) is 0.186. The Morgan fingerprint density at radius 2 is 1.63 bits per heavy atom. The van der Waals surface area contributed by atoms with Crippen molar-refractivity contribution in [3.05, 3.63) is 127 Å². The summed E-state index contributed by atoms with van der Waals surface area (Å²) in [6.45, 7) is 8.49. The van der Waals surface area contributed by atoms with Gasteiger partial charge in [-0.15, -0.1) is 0 Å². The number of fused-ring (bicyclic) bond motifs is 1. The van der Waals surface area contributed by atoms with Crippen molar-refractivity contribution >= 4 is 24.3 Å². The maximum absolute atomic E-state index is 13.9. The average Bonchev–Trinajstić information content (AvgIpc) is 3.59. The minimum absolute atomic E-state index is 0.178. The van der Waals surface area contributed by atoms with Crippen LogP contribution in [-0.4, -0.2) is 43.7 Å². The zero-order valence-electron chi connectivity index (χ0n) is 26.4. The monoisotopic (exact) mass is 615 g/mol. The van der Waals surface area contributed by atoms with Crippen LogP contribution in [0.1, 0.15) is 73.5 Å². The smallest absolute Gasteiger partial charge is 0.357 e. The van der Waals surface area contributed by atoms with E-state index in [1.165, 1.54) is 54.5 Å². The molecule has 46 heavy (non-hydrogen) atoms. The van der Waals surface area contributed by atoms with Gasteiger partial charge < -0.3 is 10.0 Å². The van der Waals surface area contributed by atoms with Crippen molar-refractivity contribution in [2.75, 3.05) is 18.0 Å². The number of hydrogen-bond acceptors (Lipinski definition) is 4. The number of aromatic nitrogens is 4. The first-order chi connectivity index (χ1) is 22.5. The van der Waals surface area contributed by atoms with E-state index in [0.717, 1.165) is 31.5 Å². The number of unbranched alkanes of at least 4 members (excludes halogenated alkanes) is 5. The van der Waals surface area contributed by atoms with Crippen molar-refractivity contribution in [3.8, 4) is 11.4 Å². The number of rotatable bonds is 11. The lowest BCUT2D eigenvalue weighted by Crippen LogP contribution is -2.30. The molecule has 0 bridgehead atoms. The molecule has 236 valence electrons. The molecule has 0 unspecified atom stereocenters. The van der Waals surface area contributed by atoms with Crippen molar-refractivity contribution in [1.82, 2.24) is 19.6 Å². The van der Waals surface area contributed by atoms with Gasteiger partial charge in [0.05, 0.1) is 32.5 Å². The third-order valence-corrected chi connectivity index (χ3v) is 8.76. The molecule has 0 saturated heterocycles. The summed E-state index contributed by atoms with van der Waals surface area (Å²) in [5, 5.41) is 19.2. The van der Waals surface area contributed by atoms with Gasteiger partial charge in [-0.1, -0.05) is 88.1 Å². The van der Waals surface area contributed by atoms with Crippen molar-refractivity contribution in [1.29, 1.82) is 0 Å². The predicted octanol–water partition coefficient (Wildman–Crippen LogP) is 5.69. The molecule has 0 aliphatic carbocycles. The summed E-state index contributed by atoms with van der Waals surface area (Å²) in [4.78, 5) is 29.1. The SMILES string of the molecule is C=c1[nH]n(-c2ccccc2)c(=O)/c1=c1/c(C(=O)O)nn(-c2ccccc2)/c1=C\c1ccc2c(c1)CCCN2CCCCCCCC. The van der Waals surface area contributed by atoms with Gasteiger partial charge in [-0.3, -0.25) is 9.89 Å². The normalized spacial score (nSPS) is 14.0. The van der Waals surface area contributed by atoms with Crippen molar-refractivity contribution in [2.24, 2.45) is 0 Å². The van der Waals surface area contributed by atoms with Crippen molar-refractivity contribution in [2.45, 2.75) is 58.3 Å². The van der Waals surface area contributed by atoms with E-state index in [1.54, 1.807) is 4.68 Å². The molecule has 0 atom stereocenters. The van der Waals surface area contributed by atoms with Gasteiger partial charge in [0.1, 0.15) is 0 Å². The van der Waals surface area contributed by atoms with Gasteiger partial charge in [-0.25, -0.2) is 14.2 Å².